The summed E-state index contributed by atoms with van der Waals surface area (Å²) in [6.45, 7) is 0. The molecule has 0 spiro atoms. The molecule has 2 rings (SSSR count). The van der Waals surface area contributed by atoms with Gasteiger partial charge in [0.15, 0.2) is 0 Å². The molecule has 10 nitrogen and oxygen atoms in total. The summed E-state index contributed by atoms with van der Waals surface area (Å²) in [4.78, 5) is 31.1. The Bertz CT molecular complexity index is 922. The van der Waals surface area contributed by atoms with Gasteiger partial charge in [-0.05, 0) is 12.1 Å². The molecule has 0 bridgehead atoms. The molecule has 1 aromatic heterocycles. The van der Waals surface area contributed by atoms with Crippen molar-refractivity contribution < 1.29 is 32.2 Å². The van der Waals surface area contributed by atoms with Gasteiger partial charge in [0.05, 0.1) is 33.0 Å². The number of esters is 1. The minimum absolute atomic E-state index is 0.00867. The Labute approximate surface area is 149 Å². The number of ether oxygens (including phenoxy) is 3. The smallest absolute Gasteiger partial charge is 0.339 e. The molecule has 138 valence electrons. The maximum Gasteiger partial charge on any atom is 0.339 e. The van der Waals surface area contributed by atoms with Crippen LogP contribution < -0.4 is 14.2 Å². The van der Waals surface area contributed by atoms with Crippen molar-refractivity contribution >= 4 is 21.9 Å². The lowest BCUT2D eigenvalue weighted by Crippen LogP contribution is -2.33. The number of nitrogens with zero attached hydrogens (tertiary/aromatic N) is 2. The van der Waals surface area contributed by atoms with Gasteiger partial charge in [-0.2, -0.15) is 9.97 Å². The summed E-state index contributed by atoms with van der Waals surface area (Å²) in [5.74, 6) is -2.45. The van der Waals surface area contributed by atoms with Crippen LogP contribution in [0.25, 0.3) is 0 Å². The zero-order chi connectivity index (χ0) is 19.3. The number of hydrogen-bond acceptors (Lipinski definition) is 9. The normalized spacial score (nSPS) is 10.7. The third-order valence-electron chi connectivity index (χ3n) is 3.11. The summed E-state index contributed by atoms with van der Waals surface area (Å²) < 4.78 is 41.2. The van der Waals surface area contributed by atoms with Crippen molar-refractivity contribution in [1.82, 2.24) is 14.7 Å². The first-order chi connectivity index (χ1) is 12.3. The number of methoxy groups -OCH3 is 3. The molecule has 0 saturated heterocycles. The van der Waals surface area contributed by atoms with Crippen molar-refractivity contribution in [1.29, 1.82) is 0 Å². The SMILES string of the molecule is COC(=O)c1ccccc1S(=O)(=O)NC(=O)c1nc(OC)cc(OC)n1. The molecule has 0 unspecified atom stereocenters. The number of sulfonamides is 1. The molecule has 0 radical (unpaired) electrons. The van der Waals surface area contributed by atoms with E-state index < -0.39 is 32.6 Å². The van der Waals surface area contributed by atoms with Gasteiger partial charge in [-0.25, -0.2) is 17.9 Å². The summed E-state index contributed by atoms with van der Waals surface area (Å²) in [5.41, 5.74) is -0.223. The quantitative estimate of drug-likeness (QED) is 0.706. The predicted octanol–water partition coefficient (Wildman–Crippen LogP) is 0.399. The highest BCUT2D eigenvalue weighted by Gasteiger charge is 2.26. The molecule has 0 aliphatic rings. The van der Waals surface area contributed by atoms with Gasteiger partial charge in [0.25, 0.3) is 10.0 Å². The largest absolute Gasteiger partial charge is 0.481 e. The number of hydrogen-bond donors (Lipinski definition) is 1. The average Bonchev–Trinajstić information content (AvgIpc) is 2.66. The first kappa shape index (κ1) is 19.1. The first-order valence-corrected chi connectivity index (χ1v) is 8.52. The minimum Gasteiger partial charge on any atom is -0.481 e. The van der Waals surface area contributed by atoms with Crippen molar-refractivity contribution in [3.63, 3.8) is 0 Å². The van der Waals surface area contributed by atoms with Gasteiger partial charge < -0.3 is 14.2 Å². The van der Waals surface area contributed by atoms with Crippen LogP contribution >= 0.6 is 0 Å². The number of carbonyl (C=O) groups excluding carboxylic acids is 2. The highest BCUT2D eigenvalue weighted by Crippen LogP contribution is 2.18. The number of amides is 1. The molecule has 11 heteroatoms. The van der Waals surface area contributed by atoms with Gasteiger partial charge >= 0.3 is 11.9 Å². The van der Waals surface area contributed by atoms with E-state index in [0.29, 0.717) is 0 Å². The van der Waals surface area contributed by atoms with Crippen LogP contribution in [-0.4, -0.2) is 51.6 Å². The van der Waals surface area contributed by atoms with Crippen molar-refractivity contribution in [2.45, 2.75) is 4.90 Å². The van der Waals surface area contributed by atoms with E-state index in [-0.39, 0.29) is 17.3 Å². The van der Waals surface area contributed by atoms with Crippen LogP contribution in [0.4, 0.5) is 0 Å². The number of benzene rings is 1. The third-order valence-corrected chi connectivity index (χ3v) is 4.50. The lowest BCUT2D eigenvalue weighted by molar-refractivity contribution is 0.0596. The fourth-order valence-corrected chi connectivity index (χ4v) is 3.06. The minimum atomic E-state index is -4.39. The summed E-state index contributed by atoms with van der Waals surface area (Å²) in [6.07, 6.45) is 0. The zero-order valence-electron chi connectivity index (χ0n) is 14.0. The Balaban J connectivity index is 2.39. The highest BCUT2D eigenvalue weighted by molar-refractivity contribution is 7.90. The topological polar surface area (TPSA) is 134 Å². The maximum atomic E-state index is 12.5. The summed E-state index contributed by atoms with van der Waals surface area (Å²) in [7, 11) is -0.658. The Hall–Kier alpha value is -3.21. The van der Waals surface area contributed by atoms with Gasteiger partial charge in [0.1, 0.15) is 4.90 Å². The average molecular weight is 381 g/mol. The maximum absolute atomic E-state index is 12.5. The van der Waals surface area contributed by atoms with E-state index in [1.165, 1.54) is 38.5 Å². The van der Waals surface area contributed by atoms with Gasteiger partial charge in [0.2, 0.25) is 17.6 Å². The molecule has 0 aliphatic heterocycles. The standard InChI is InChI=1S/C15H15N3O7S/c1-23-11-8-12(24-2)17-13(16-11)14(19)18-26(21,22)10-7-5-4-6-9(10)15(20)25-3/h4-8H,1-3H3,(H,18,19). The summed E-state index contributed by atoms with van der Waals surface area (Å²) >= 11 is 0. The second-order valence-corrected chi connectivity index (χ2v) is 6.35. The number of rotatable bonds is 6. The second-order valence-electron chi connectivity index (χ2n) is 4.70. The summed E-state index contributed by atoms with van der Waals surface area (Å²) in [6, 6.07) is 6.60. The summed E-state index contributed by atoms with van der Waals surface area (Å²) in [5, 5.41) is 0. The number of aromatic nitrogens is 2. The van der Waals surface area contributed by atoms with Gasteiger partial charge in [0, 0.05) is 0 Å². The van der Waals surface area contributed by atoms with E-state index in [1.54, 1.807) is 4.72 Å². The predicted molar refractivity (Wildman–Crippen MR) is 87.6 cm³/mol. The second kappa shape index (κ2) is 7.78. The van der Waals surface area contributed by atoms with Crippen LogP contribution in [0.3, 0.4) is 0 Å². The third kappa shape index (κ3) is 4.06. The van der Waals surface area contributed by atoms with E-state index in [1.807, 2.05) is 0 Å². The van der Waals surface area contributed by atoms with Gasteiger partial charge in [-0.1, -0.05) is 12.1 Å². The number of carbonyl (C=O) groups is 2. The van der Waals surface area contributed by atoms with Crippen molar-refractivity contribution in [3.05, 3.63) is 41.7 Å². The molecule has 26 heavy (non-hydrogen) atoms. The fraction of sp³-hybridized carbons (Fsp3) is 0.200. The molecule has 1 heterocycles. The molecule has 1 N–H and O–H groups in total. The molecule has 2 aromatic rings. The van der Waals surface area contributed by atoms with Crippen LogP contribution in [0, 0.1) is 0 Å². The van der Waals surface area contributed by atoms with Crippen LogP contribution in [-0.2, 0) is 14.8 Å². The Morgan fingerprint density at radius 1 is 1.00 bits per heavy atom. The lowest BCUT2D eigenvalue weighted by Gasteiger charge is -2.10. The Morgan fingerprint density at radius 3 is 2.12 bits per heavy atom. The van der Waals surface area contributed by atoms with E-state index in [9.17, 15) is 18.0 Å². The molecule has 0 fully saturated rings. The molecule has 1 aromatic carbocycles. The van der Waals surface area contributed by atoms with Crippen LogP contribution in [0.5, 0.6) is 11.8 Å². The fourth-order valence-electron chi connectivity index (χ4n) is 1.92. The molecular weight excluding hydrogens is 366 g/mol. The molecule has 0 atom stereocenters. The van der Waals surface area contributed by atoms with Crippen molar-refractivity contribution in [3.8, 4) is 11.8 Å². The molecule has 1 amide bonds. The number of nitrogens with one attached hydrogen (secondary N) is 1. The van der Waals surface area contributed by atoms with Crippen molar-refractivity contribution in [2.75, 3.05) is 21.3 Å². The monoisotopic (exact) mass is 381 g/mol. The zero-order valence-corrected chi connectivity index (χ0v) is 14.9. The first-order valence-electron chi connectivity index (χ1n) is 7.04. The molecule has 0 saturated carbocycles. The molecule has 0 aliphatic carbocycles. The van der Waals surface area contributed by atoms with Gasteiger partial charge in [-0.15, -0.1) is 0 Å². The van der Waals surface area contributed by atoms with Gasteiger partial charge in [-0.3, -0.25) is 4.79 Å². The van der Waals surface area contributed by atoms with Crippen LogP contribution in [0.15, 0.2) is 35.2 Å². The van der Waals surface area contributed by atoms with E-state index in [4.69, 9.17) is 9.47 Å². The van der Waals surface area contributed by atoms with E-state index >= 15 is 0 Å². The van der Waals surface area contributed by atoms with E-state index in [2.05, 4.69) is 14.7 Å². The van der Waals surface area contributed by atoms with Crippen LogP contribution in [0.1, 0.15) is 21.0 Å². The Morgan fingerprint density at radius 2 is 1.58 bits per heavy atom. The highest BCUT2D eigenvalue weighted by atomic mass is 32.2. The van der Waals surface area contributed by atoms with Crippen LogP contribution in [0.2, 0.25) is 0 Å². The van der Waals surface area contributed by atoms with Crippen molar-refractivity contribution in [2.24, 2.45) is 0 Å². The lowest BCUT2D eigenvalue weighted by atomic mass is 10.2. The Kier molecular flexibility index (Phi) is 5.72. The molecular formula is C15H15N3O7S. The van der Waals surface area contributed by atoms with E-state index in [0.717, 1.165) is 13.2 Å².